The highest BCUT2D eigenvalue weighted by Crippen LogP contribution is 2.42. The minimum atomic E-state index is -1.07. The molecule has 0 aliphatic carbocycles. The van der Waals surface area contributed by atoms with E-state index in [1.165, 1.54) is 23.7 Å². The van der Waals surface area contributed by atoms with Crippen LogP contribution in [0.2, 0.25) is 0 Å². The maximum Gasteiger partial charge on any atom is 0.330 e. The van der Waals surface area contributed by atoms with Gasteiger partial charge in [0.25, 0.3) is 0 Å². The summed E-state index contributed by atoms with van der Waals surface area (Å²) in [6.45, 7) is 4.41. The van der Waals surface area contributed by atoms with Gasteiger partial charge in [0, 0.05) is 57.6 Å². The van der Waals surface area contributed by atoms with E-state index in [4.69, 9.17) is 9.72 Å². The van der Waals surface area contributed by atoms with E-state index in [0.29, 0.717) is 61.8 Å². The third-order valence-corrected chi connectivity index (χ3v) is 12.5. The number of halogens is 1. The molecule has 2 unspecified atom stereocenters. The second-order valence-electron chi connectivity index (χ2n) is 16.0. The van der Waals surface area contributed by atoms with Crippen molar-refractivity contribution in [3.63, 3.8) is 0 Å². The molecule has 62 heavy (non-hydrogen) atoms. The number of carbonyl (C=O) groups excluding carboxylic acids is 3. The van der Waals surface area contributed by atoms with Crippen LogP contribution in [0.15, 0.2) is 103 Å². The number of ether oxygens (including phenoxy) is 1. The first-order valence-electron chi connectivity index (χ1n) is 21.1. The van der Waals surface area contributed by atoms with E-state index < -0.39 is 12.3 Å². The first-order valence-corrected chi connectivity index (χ1v) is 21.1. The Kier molecular flexibility index (Phi) is 11.0. The van der Waals surface area contributed by atoms with Gasteiger partial charge in [0.05, 0.1) is 36.3 Å². The summed E-state index contributed by atoms with van der Waals surface area (Å²) in [4.78, 5) is 54.0. The zero-order valence-corrected chi connectivity index (χ0v) is 34.9. The third kappa shape index (κ3) is 7.46. The molecule has 2 N–H and O–H groups in total. The van der Waals surface area contributed by atoms with Crippen LogP contribution < -0.4 is 24.9 Å². The number of hydrazone groups is 1. The van der Waals surface area contributed by atoms with Gasteiger partial charge in [0.2, 0.25) is 18.2 Å². The molecular weight excluding hydrogens is 790 g/mol. The average Bonchev–Trinajstić information content (AvgIpc) is 3.83. The van der Waals surface area contributed by atoms with Crippen molar-refractivity contribution in [3.8, 4) is 22.3 Å². The van der Waals surface area contributed by atoms with Gasteiger partial charge < -0.3 is 14.7 Å². The van der Waals surface area contributed by atoms with Crippen molar-refractivity contribution in [2.45, 2.75) is 57.2 Å². The van der Waals surface area contributed by atoms with E-state index in [1.54, 1.807) is 52.5 Å². The number of aliphatic hydroxyl groups is 1. The van der Waals surface area contributed by atoms with Gasteiger partial charge in [-0.05, 0) is 107 Å². The number of amides is 4. The minimum absolute atomic E-state index is 0.152. The highest BCUT2D eigenvalue weighted by atomic mass is 19.1. The quantitative estimate of drug-likeness (QED) is 0.152. The lowest BCUT2D eigenvalue weighted by Gasteiger charge is -2.34. The number of rotatable bonds is 9. The van der Waals surface area contributed by atoms with Crippen molar-refractivity contribution in [3.05, 3.63) is 120 Å². The zero-order valence-electron chi connectivity index (χ0n) is 34.9. The first-order chi connectivity index (χ1) is 30.1. The molecule has 9 rings (SSSR count). The number of nitrogens with zero attached hydrogens (tertiary/aromatic N) is 8. The van der Waals surface area contributed by atoms with Crippen LogP contribution in [0.3, 0.4) is 0 Å². The number of urea groups is 1. The number of hydrogen-bond acceptors (Lipinski definition) is 11. The minimum Gasteiger partial charge on any atom is -0.467 e. The number of aromatic nitrogens is 2. The molecule has 5 aromatic rings. The SMILES string of the molecule is CCc1c(-c2ccc(N3C(OC)=NN(C)C3O)cc2-c2ccc(C3CCN(c4ccc(C5CCC(=O)NC5=O)cc4F)CC3)cc2)ccnc1N1CCN(c2cccnc2)C1=O. The van der Waals surface area contributed by atoms with Crippen molar-refractivity contribution in [2.24, 2.45) is 5.10 Å². The summed E-state index contributed by atoms with van der Waals surface area (Å²) >= 11 is 0. The lowest BCUT2D eigenvalue weighted by Crippen LogP contribution is -2.41. The Morgan fingerprint density at radius 1 is 0.839 bits per heavy atom. The Bertz CT molecular complexity index is 2550. The number of methoxy groups -OCH3 is 1. The zero-order chi connectivity index (χ0) is 43.1. The molecule has 0 saturated carbocycles. The van der Waals surface area contributed by atoms with Crippen molar-refractivity contribution in [1.29, 1.82) is 0 Å². The molecule has 3 fully saturated rings. The molecule has 4 aliphatic heterocycles. The molecule has 2 aromatic heterocycles. The highest BCUT2D eigenvalue weighted by molar-refractivity contribution is 6.06. The van der Waals surface area contributed by atoms with Crippen LogP contribution in [-0.2, 0) is 20.7 Å². The number of imide groups is 1. The molecule has 14 nitrogen and oxygen atoms in total. The second-order valence-corrected chi connectivity index (χ2v) is 16.0. The summed E-state index contributed by atoms with van der Waals surface area (Å²) < 4.78 is 21.1. The van der Waals surface area contributed by atoms with Crippen molar-refractivity contribution >= 4 is 46.7 Å². The average molecular weight is 838 g/mol. The predicted octanol–water partition coefficient (Wildman–Crippen LogP) is 6.81. The number of hydrogen-bond donors (Lipinski definition) is 2. The molecule has 3 saturated heterocycles. The van der Waals surface area contributed by atoms with Crippen LogP contribution in [0.5, 0.6) is 0 Å². The van der Waals surface area contributed by atoms with E-state index in [9.17, 15) is 19.5 Å². The number of benzene rings is 3. The molecule has 4 aliphatic rings. The first kappa shape index (κ1) is 40.5. The molecule has 2 atom stereocenters. The number of amidine groups is 1. The molecule has 0 spiro atoms. The van der Waals surface area contributed by atoms with Crippen LogP contribution in [0.4, 0.5) is 32.1 Å². The van der Waals surface area contributed by atoms with Gasteiger partial charge in [-0.3, -0.25) is 29.7 Å². The molecule has 3 aromatic carbocycles. The number of pyridine rings is 2. The molecular formula is C47H48FN9O5. The standard InChI is InChI=1S/C47H48FN9O5/c1-4-35-38(17-21-50-43(35)56-25-24-55(47(56)61)34-6-5-20-49-28-34)37-13-12-33(57-45(62-3)52-53(2)46(57)60)27-39(37)31-9-7-29(8-10-31)30-18-22-54(23-19-30)41-15-11-32(26-40(41)48)36-14-16-42(58)51-44(36)59/h5-13,15,17,20-21,26-28,30,36,46,60H,4,14,16,18-19,22-25H2,1-3H3,(H,51,58,59). The van der Waals surface area contributed by atoms with E-state index >= 15 is 4.39 Å². The van der Waals surface area contributed by atoms with Crippen LogP contribution in [-0.4, -0.2) is 90.6 Å². The Hall–Kier alpha value is -6.87. The summed E-state index contributed by atoms with van der Waals surface area (Å²) in [5, 5.41) is 19.3. The van der Waals surface area contributed by atoms with E-state index in [1.807, 2.05) is 36.4 Å². The lowest BCUT2D eigenvalue weighted by atomic mass is 9.86. The number of piperidine rings is 2. The summed E-state index contributed by atoms with van der Waals surface area (Å²) in [6, 6.07) is 25.4. The molecule has 0 radical (unpaired) electrons. The number of nitrogens with one attached hydrogen (secondary N) is 1. The van der Waals surface area contributed by atoms with Crippen LogP contribution >= 0.6 is 0 Å². The smallest absolute Gasteiger partial charge is 0.330 e. The number of carbonyl (C=O) groups is 3. The number of anilines is 4. The van der Waals surface area contributed by atoms with Gasteiger partial charge in [0.15, 0.2) is 0 Å². The van der Waals surface area contributed by atoms with Crippen molar-refractivity contribution < 1.29 is 28.6 Å². The molecule has 4 amide bonds. The Balaban J connectivity index is 0.993. The Labute approximate surface area is 359 Å². The third-order valence-electron chi connectivity index (χ3n) is 12.5. The van der Waals surface area contributed by atoms with Crippen LogP contribution in [0.1, 0.15) is 61.1 Å². The van der Waals surface area contributed by atoms with E-state index in [2.05, 4.69) is 51.5 Å². The normalized spacial score (nSPS) is 19.7. The lowest BCUT2D eigenvalue weighted by molar-refractivity contribution is -0.134. The predicted molar refractivity (Wildman–Crippen MR) is 235 cm³/mol. The van der Waals surface area contributed by atoms with Gasteiger partial charge in [-0.2, -0.15) is 0 Å². The summed E-state index contributed by atoms with van der Waals surface area (Å²) in [5.41, 5.74) is 8.41. The summed E-state index contributed by atoms with van der Waals surface area (Å²) in [7, 11) is 3.20. The van der Waals surface area contributed by atoms with Gasteiger partial charge in [0.1, 0.15) is 11.6 Å². The van der Waals surface area contributed by atoms with Gasteiger partial charge in [-0.15, -0.1) is 5.10 Å². The second kappa shape index (κ2) is 16.9. The summed E-state index contributed by atoms with van der Waals surface area (Å²) in [6.07, 6.45) is 6.97. The van der Waals surface area contributed by atoms with E-state index in [-0.39, 0.29) is 42.0 Å². The Morgan fingerprint density at radius 2 is 1.61 bits per heavy atom. The largest absolute Gasteiger partial charge is 0.467 e. The maximum atomic E-state index is 15.5. The fraction of sp³-hybridized carbons (Fsp3) is 0.319. The molecule has 0 bridgehead atoms. The Morgan fingerprint density at radius 3 is 2.32 bits per heavy atom. The summed E-state index contributed by atoms with van der Waals surface area (Å²) in [5.74, 6) is -0.677. The highest BCUT2D eigenvalue weighted by Gasteiger charge is 2.36. The number of aliphatic hydroxyl groups excluding tert-OH is 1. The van der Waals surface area contributed by atoms with Crippen LogP contribution in [0.25, 0.3) is 22.3 Å². The monoisotopic (exact) mass is 837 g/mol. The fourth-order valence-corrected chi connectivity index (χ4v) is 9.24. The van der Waals surface area contributed by atoms with Gasteiger partial charge in [-0.25, -0.2) is 24.1 Å². The van der Waals surface area contributed by atoms with Crippen molar-refractivity contribution in [2.75, 3.05) is 59.9 Å². The molecule has 15 heteroatoms. The van der Waals surface area contributed by atoms with Gasteiger partial charge in [-0.1, -0.05) is 43.3 Å². The van der Waals surface area contributed by atoms with Crippen molar-refractivity contribution in [1.82, 2.24) is 20.3 Å². The topological polar surface area (TPSA) is 147 Å². The maximum absolute atomic E-state index is 15.5. The molecule has 318 valence electrons. The molecule has 6 heterocycles. The van der Waals surface area contributed by atoms with E-state index in [0.717, 1.165) is 46.3 Å². The van der Waals surface area contributed by atoms with Crippen LogP contribution in [0, 0.1) is 5.82 Å². The van der Waals surface area contributed by atoms with Gasteiger partial charge >= 0.3 is 12.1 Å². The fourth-order valence-electron chi connectivity index (χ4n) is 9.24.